The predicted octanol–water partition coefficient (Wildman–Crippen LogP) is 2.35. The summed E-state index contributed by atoms with van der Waals surface area (Å²) in [7, 11) is 1.73. The molecule has 0 fully saturated rings. The summed E-state index contributed by atoms with van der Waals surface area (Å²) in [6.07, 6.45) is 0. The zero-order valence-corrected chi connectivity index (χ0v) is 16.4. The molecule has 0 spiro atoms. The van der Waals surface area contributed by atoms with Crippen molar-refractivity contribution in [1.82, 2.24) is 0 Å². The summed E-state index contributed by atoms with van der Waals surface area (Å²) in [6.45, 7) is 1.74. The maximum Gasteiger partial charge on any atom is 0.282 e. The van der Waals surface area contributed by atoms with Gasteiger partial charge >= 0.3 is 0 Å². The van der Waals surface area contributed by atoms with Crippen LogP contribution >= 0.6 is 23.2 Å². The van der Waals surface area contributed by atoms with Gasteiger partial charge in [-0.05, 0) is 31.2 Å². The van der Waals surface area contributed by atoms with Crippen LogP contribution in [0.5, 0.6) is 0 Å². The second kappa shape index (κ2) is 9.38. The van der Waals surface area contributed by atoms with Crippen molar-refractivity contribution in [3.05, 3.63) is 58.1 Å². The van der Waals surface area contributed by atoms with Gasteiger partial charge in [-0.3, -0.25) is 9.59 Å². The highest BCUT2D eigenvalue weighted by Gasteiger charge is 2.25. The van der Waals surface area contributed by atoms with Crippen molar-refractivity contribution in [3.63, 3.8) is 0 Å². The molecule has 140 valence electrons. The molecule has 0 aliphatic carbocycles. The molecule has 1 unspecified atom stereocenters. The highest BCUT2D eigenvalue weighted by Crippen LogP contribution is 2.29. The van der Waals surface area contributed by atoms with Crippen molar-refractivity contribution in [2.45, 2.75) is 13.0 Å². The number of nitriles is 1. The van der Waals surface area contributed by atoms with E-state index in [1.807, 2.05) is 6.07 Å². The van der Waals surface area contributed by atoms with Crippen LogP contribution in [0.2, 0.25) is 10.0 Å². The average Bonchev–Trinajstić information content (AvgIpc) is 2.64. The van der Waals surface area contributed by atoms with E-state index in [0.717, 1.165) is 0 Å². The average molecular weight is 406 g/mol. The lowest BCUT2D eigenvalue weighted by Gasteiger charge is -2.21. The van der Waals surface area contributed by atoms with Gasteiger partial charge in [-0.2, -0.15) is 5.26 Å². The number of quaternary nitrogens is 1. The number of carbonyl (C=O) groups is 2. The smallest absolute Gasteiger partial charge is 0.282 e. The van der Waals surface area contributed by atoms with Crippen molar-refractivity contribution < 1.29 is 14.5 Å². The van der Waals surface area contributed by atoms with Gasteiger partial charge in [0.2, 0.25) is 0 Å². The highest BCUT2D eigenvalue weighted by atomic mass is 35.5. The van der Waals surface area contributed by atoms with E-state index >= 15 is 0 Å². The third-order valence-corrected chi connectivity index (χ3v) is 4.73. The fourth-order valence-electron chi connectivity index (χ4n) is 2.36. The fraction of sp³-hybridized carbons (Fsp3) is 0.211. The van der Waals surface area contributed by atoms with Gasteiger partial charge in [0.1, 0.15) is 6.07 Å². The van der Waals surface area contributed by atoms with Gasteiger partial charge in [0.15, 0.2) is 12.6 Å². The number of amides is 2. The molecule has 0 aliphatic heterocycles. The zero-order chi connectivity index (χ0) is 20.0. The van der Waals surface area contributed by atoms with Crippen LogP contribution in [0.15, 0.2) is 42.5 Å². The van der Waals surface area contributed by atoms with Gasteiger partial charge in [-0.25, -0.2) is 0 Å². The first kappa shape index (κ1) is 20.7. The van der Waals surface area contributed by atoms with E-state index in [9.17, 15) is 9.59 Å². The van der Waals surface area contributed by atoms with Crippen molar-refractivity contribution in [2.75, 3.05) is 24.2 Å². The van der Waals surface area contributed by atoms with Gasteiger partial charge in [-0.1, -0.05) is 41.4 Å². The Bertz CT molecular complexity index is 875. The third-order valence-electron chi connectivity index (χ3n) is 4.10. The number of likely N-dealkylation sites (N-methyl/N-ethyl adjacent to an activating group) is 1. The molecule has 27 heavy (non-hydrogen) atoms. The van der Waals surface area contributed by atoms with Crippen LogP contribution in [0.3, 0.4) is 0 Å². The molecule has 0 saturated heterocycles. The molecule has 2 amide bonds. The van der Waals surface area contributed by atoms with Gasteiger partial charge in [0, 0.05) is 0 Å². The molecule has 0 saturated carbocycles. The summed E-state index contributed by atoms with van der Waals surface area (Å²) in [5.41, 5.74) is 1.16. The predicted molar refractivity (Wildman–Crippen MR) is 106 cm³/mol. The molecule has 6 nitrogen and oxygen atoms in total. The van der Waals surface area contributed by atoms with Gasteiger partial charge in [0.25, 0.3) is 11.8 Å². The van der Waals surface area contributed by atoms with E-state index in [2.05, 4.69) is 10.6 Å². The quantitative estimate of drug-likeness (QED) is 0.689. The lowest BCUT2D eigenvalue weighted by Crippen LogP contribution is -3.14. The lowest BCUT2D eigenvalue weighted by atomic mass is 10.2. The van der Waals surface area contributed by atoms with E-state index < -0.39 is 6.04 Å². The number of halogens is 2. The zero-order valence-electron chi connectivity index (χ0n) is 14.8. The second-order valence-corrected chi connectivity index (χ2v) is 6.85. The first-order chi connectivity index (χ1) is 12.8. The number of nitrogens with one attached hydrogen (secondary N) is 3. The van der Waals surface area contributed by atoms with E-state index in [1.54, 1.807) is 56.4 Å². The number of para-hydroxylation sites is 2. The molecule has 2 aromatic rings. The largest absolute Gasteiger partial charge is 0.320 e. The monoisotopic (exact) mass is 405 g/mol. The number of nitrogens with zero attached hydrogens (tertiary/aromatic N) is 1. The standard InChI is InChI=1S/C19H18Cl2N4O2/c1-12(19(27)23-16-9-4-3-6-13(16)10-22)25(2)11-17(26)24-18-14(20)7-5-8-15(18)21/h3-9,12H,11H2,1-2H3,(H,23,27)(H,24,26)/p+1/t12-/m0/s1. The molecule has 8 heteroatoms. The molecule has 2 rings (SSSR count). The second-order valence-electron chi connectivity index (χ2n) is 6.04. The van der Waals surface area contributed by atoms with Gasteiger partial charge in [0.05, 0.1) is 34.0 Å². The first-order valence-corrected chi connectivity index (χ1v) is 8.95. The maximum absolute atomic E-state index is 12.5. The first-order valence-electron chi connectivity index (χ1n) is 8.19. The Morgan fingerprint density at radius 3 is 2.37 bits per heavy atom. The summed E-state index contributed by atoms with van der Waals surface area (Å²) in [4.78, 5) is 25.4. The number of benzene rings is 2. The Balaban J connectivity index is 1.98. The van der Waals surface area contributed by atoms with E-state index in [1.165, 1.54) is 0 Å². The third kappa shape index (κ3) is 5.44. The molecule has 0 heterocycles. The molecular formula is C19H19Cl2N4O2+. The summed E-state index contributed by atoms with van der Waals surface area (Å²) in [6, 6.07) is 13.2. The minimum atomic E-state index is -0.524. The van der Waals surface area contributed by atoms with E-state index in [0.29, 0.717) is 31.9 Å². The van der Waals surface area contributed by atoms with Crippen molar-refractivity contribution in [1.29, 1.82) is 5.26 Å². The van der Waals surface area contributed by atoms with Crippen molar-refractivity contribution in [3.8, 4) is 6.07 Å². The SMILES string of the molecule is C[C@@H](C(=O)Nc1ccccc1C#N)[NH+](C)CC(=O)Nc1c(Cl)cccc1Cl. The summed E-state index contributed by atoms with van der Waals surface area (Å²) in [5.74, 6) is -0.613. The minimum absolute atomic E-state index is 0.0377. The Morgan fingerprint density at radius 1 is 1.11 bits per heavy atom. The number of anilines is 2. The van der Waals surface area contributed by atoms with Crippen molar-refractivity contribution in [2.24, 2.45) is 0 Å². The molecule has 3 N–H and O–H groups in total. The highest BCUT2D eigenvalue weighted by molar-refractivity contribution is 6.39. The number of rotatable bonds is 6. The van der Waals surface area contributed by atoms with Crippen molar-refractivity contribution >= 4 is 46.4 Å². The van der Waals surface area contributed by atoms with Crippen LogP contribution in [0.4, 0.5) is 11.4 Å². The normalized spacial score (nSPS) is 12.6. The topological polar surface area (TPSA) is 86.4 Å². The van der Waals surface area contributed by atoms with Gasteiger partial charge in [-0.15, -0.1) is 0 Å². The van der Waals surface area contributed by atoms with Crippen LogP contribution in [-0.4, -0.2) is 31.4 Å². The molecule has 0 bridgehead atoms. The van der Waals surface area contributed by atoms with Crippen LogP contribution in [0, 0.1) is 11.3 Å². The lowest BCUT2D eigenvalue weighted by molar-refractivity contribution is -0.885. The molecular weight excluding hydrogens is 387 g/mol. The Morgan fingerprint density at radius 2 is 1.74 bits per heavy atom. The summed E-state index contributed by atoms with van der Waals surface area (Å²) < 4.78 is 0. The Labute approximate surface area is 167 Å². The Kier molecular flexibility index (Phi) is 7.19. The molecule has 0 aromatic heterocycles. The van der Waals surface area contributed by atoms with Gasteiger partial charge < -0.3 is 15.5 Å². The maximum atomic E-state index is 12.5. The molecule has 2 atom stereocenters. The van der Waals surface area contributed by atoms with E-state index in [4.69, 9.17) is 28.5 Å². The molecule has 2 aromatic carbocycles. The fourth-order valence-corrected chi connectivity index (χ4v) is 2.85. The summed E-state index contributed by atoms with van der Waals surface area (Å²) >= 11 is 12.1. The number of hydrogen-bond donors (Lipinski definition) is 3. The van der Waals surface area contributed by atoms with Crippen LogP contribution in [0.1, 0.15) is 12.5 Å². The van der Waals surface area contributed by atoms with Crippen LogP contribution in [0.25, 0.3) is 0 Å². The minimum Gasteiger partial charge on any atom is -0.320 e. The van der Waals surface area contributed by atoms with E-state index in [-0.39, 0.29) is 18.4 Å². The Hall–Kier alpha value is -2.59. The summed E-state index contributed by atoms with van der Waals surface area (Å²) in [5, 5.41) is 15.2. The number of carbonyl (C=O) groups excluding carboxylic acids is 2. The van der Waals surface area contributed by atoms with Crippen LogP contribution in [-0.2, 0) is 9.59 Å². The van der Waals surface area contributed by atoms with Crippen LogP contribution < -0.4 is 15.5 Å². The number of hydrogen-bond acceptors (Lipinski definition) is 3. The molecule has 0 radical (unpaired) electrons. The molecule has 0 aliphatic rings.